The average molecular weight is 331 g/mol. The normalized spacial score (nSPS) is 10.2. The molecule has 0 heterocycles. The highest BCUT2D eigenvalue weighted by Crippen LogP contribution is 2.06. The van der Waals surface area contributed by atoms with E-state index in [0.717, 1.165) is 0 Å². The van der Waals surface area contributed by atoms with E-state index in [1.165, 1.54) is 12.1 Å². The summed E-state index contributed by atoms with van der Waals surface area (Å²) in [5.74, 6) is 4.04. The molecule has 0 atom stereocenters. The number of rotatable bonds is 4. The second-order valence-corrected chi connectivity index (χ2v) is 5.78. The molecule has 0 saturated heterocycles. The summed E-state index contributed by atoms with van der Waals surface area (Å²) in [4.78, 5) is 34.5. The molecule has 1 rings (SSSR count). The third-order valence-corrected chi connectivity index (χ3v) is 2.56. The van der Waals surface area contributed by atoms with E-state index in [9.17, 15) is 14.4 Å². The van der Waals surface area contributed by atoms with Crippen LogP contribution in [-0.2, 0) is 14.3 Å². The Morgan fingerprint density at radius 3 is 2.29 bits per heavy atom. The Bertz CT molecular complexity index is 659. The fraction of sp³-hybridized carbons (Fsp3) is 0.389. The number of nitrogens with one attached hydrogen (secondary N) is 1. The first kappa shape index (κ1) is 19.2. The van der Waals surface area contributed by atoms with Crippen LogP contribution in [0.3, 0.4) is 0 Å². The zero-order valence-corrected chi connectivity index (χ0v) is 14.3. The van der Waals surface area contributed by atoms with Gasteiger partial charge in [0.25, 0.3) is 5.78 Å². The van der Waals surface area contributed by atoms with E-state index in [-0.39, 0.29) is 18.7 Å². The lowest BCUT2D eigenvalue weighted by atomic mass is 10.1. The third-order valence-electron chi connectivity index (χ3n) is 2.56. The van der Waals surface area contributed by atoms with Gasteiger partial charge in [-0.15, -0.1) is 0 Å². The van der Waals surface area contributed by atoms with Crippen molar-refractivity contribution in [3.8, 4) is 11.8 Å². The van der Waals surface area contributed by atoms with Crippen LogP contribution in [0.4, 0.5) is 4.79 Å². The first-order valence-corrected chi connectivity index (χ1v) is 7.50. The first-order chi connectivity index (χ1) is 11.2. The number of alkyl carbamates (subject to hydrolysis) is 1. The van der Waals surface area contributed by atoms with Crippen LogP contribution >= 0.6 is 0 Å². The maximum Gasteiger partial charge on any atom is 0.408 e. The number of ketones is 1. The van der Waals surface area contributed by atoms with Gasteiger partial charge in [-0.05, 0) is 52.0 Å². The number of hydrogen-bond acceptors (Lipinski definition) is 5. The Balaban J connectivity index is 2.55. The van der Waals surface area contributed by atoms with Crippen molar-refractivity contribution in [2.24, 2.45) is 0 Å². The van der Waals surface area contributed by atoms with Crippen molar-refractivity contribution in [3.63, 3.8) is 0 Å². The molecule has 0 aromatic heterocycles. The van der Waals surface area contributed by atoms with E-state index in [1.54, 1.807) is 39.8 Å². The predicted molar refractivity (Wildman–Crippen MR) is 88.5 cm³/mol. The Morgan fingerprint density at radius 1 is 1.12 bits per heavy atom. The molecule has 0 aliphatic rings. The summed E-state index contributed by atoms with van der Waals surface area (Å²) in [6.45, 7) is 7.25. The summed E-state index contributed by atoms with van der Waals surface area (Å²) < 4.78 is 9.73. The smallest absolute Gasteiger partial charge is 0.408 e. The van der Waals surface area contributed by atoms with Crippen LogP contribution in [0.15, 0.2) is 24.3 Å². The Hall–Kier alpha value is -2.81. The van der Waals surface area contributed by atoms with E-state index < -0.39 is 23.4 Å². The van der Waals surface area contributed by atoms with Crippen molar-refractivity contribution in [1.82, 2.24) is 5.32 Å². The Morgan fingerprint density at radius 2 is 1.75 bits per heavy atom. The van der Waals surface area contributed by atoms with Crippen molar-refractivity contribution in [3.05, 3.63) is 35.4 Å². The lowest BCUT2D eigenvalue weighted by Gasteiger charge is -2.18. The standard InChI is InChI=1S/C18H21NO5/c1-5-23-16(21)15(20)14-10-8-13(9-11-14)7-6-12-19-17(22)24-18(2,3)4/h8-11H,5,12H2,1-4H3,(H,19,22). The molecule has 0 saturated carbocycles. The van der Waals surface area contributed by atoms with Gasteiger partial charge in [-0.3, -0.25) is 4.79 Å². The van der Waals surface area contributed by atoms with Gasteiger partial charge < -0.3 is 14.8 Å². The maximum absolute atomic E-state index is 11.7. The number of hydrogen-bond donors (Lipinski definition) is 1. The number of esters is 1. The fourth-order valence-corrected chi connectivity index (χ4v) is 1.60. The van der Waals surface area contributed by atoms with Gasteiger partial charge in [-0.25, -0.2) is 9.59 Å². The second kappa shape index (κ2) is 8.73. The third kappa shape index (κ3) is 6.97. The van der Waals surface area contributed by atoms with Crippen LogP contribution in [0.1, 0.15) is 43.6 Å². The SMILES string of the molecule is CCOC(=O)C(=O)c1ccc(C#CCNC(=O)OC(C)(C)C)cc1. The Labute approximate surface area is 141 Å². The largest absolute Gasteiger partial charge is 0.460 e. The van der Waals surface area contributed by atoms with Crippen LogP contribution in [0.25, 0.3) is 0 Å². The van der Waals surface area contributed by atoms with Gasteiger partial charge in [-0.2, -0.15) is 0 Å². The van der Waals surface area contributed by atoms with Crippen molar-refractivity contribution in [2.45, 2.75) is 33.3 Å². The topological polar surface area (TPSA) is 81.7 Å². The van der Waals surface area contributed by atoms with Crippen LogP contribution in [0.2, 0.25) is 0 Å². The summed E-state index contributed by atoms with van der Waals surface area (Å²) in [6, 6.07) is 6.25. The minimum absolute atomic E-state index is 0.137. The minimum atomic E-state index is -0.877. The molecule has 1 amide bonds. The van der Waals surface area contributed by atoms with Crippen LogP contribution in [-0.4, -0.2) is 36.6 Å². The van der Waals surface area contributed by atoms with E-state index in [1.807, 2.05) is 0 Å². The van der Waals surface area contributed by atoms with Crippen molar-refractivity contribution in [1.29, 1.82) is 0 Å². The predicted octanol–water partition coefficient (Wildman–Crippen LogP) is 2.31. The van der Waals surface area contributed by atoms with Crippen molar-refractivity contribution < 1.29 is 23.9 Å². The van der Waals surface area contributed by atoms with Gasteiger partial charge in [-0.1, -0.05) is 11.8 Å². The lowest BCUT2D eigenvalue weighted by Crippen LogP contribution is -2.32. The molecule has 0 aliphatic carbocycles. The highest BCUT2D eigenvalue weighted by molar-refractivity contribution is 6.40. The Kier molecular flexibility index (Phi) is 6.99. The number of carbonyl (C=O) groups is 3. The molecule has 0 bridgehead atoms. The molecule has 0 radical (unpaired) electrons. The quantitative estimate of drug-likeness (QED) is 0.396. The molecule has 24 heavy (non-hydrogen) atoms. The number of Topliss-reactive ketones (excluding diaryl/α,β-unsaturated/α-hetero) is 1. The molecular formula is C18H21NO5. The molecule has 6 heteroatoms. The highest BCUT2D eigenvalue weighted by Gasteiger charge is 2.17. The van der Waals surface area contributed by atoms with E-state index >= 15 is 0 Å². The molecule has 0 fully saturated rings. The number of amides is 1. The molecule has 0 unspecified atom stereocenters. The van der Waals surface area contributed by atoms with Crippen LogP contribution in [0, 0.1) is 11.8 Å². The molecule has 128 valence electrons. The molecule has 1 aromatic carbocycles. The monoisotopic (exact) mass is 331 g/mol. The molecule has 1 aromatic rings. The summed E-state index contributed by atoms with van der Waals surface area (Å²) in [5, 5.41) is 2.52. The molecule has 0 spiro atoms. The van der Waals surface area contributed by atoms with E-state index in [2.05, 4.69) is 21.9 Å². The lowest BCUT2D eigenvalue weighted by molar-refractivity contribution is -0.137. The van der Waals surface area contributed by atoms with E-state index in [4.69, 9.17) is 4.74 Å². The van der Waals surface area contributed by atoms with Gasteiger partial charge in [0.15, 0.2) is 0 Å². The van der Waals surface area contributed by atoms with Gasteiger partial charge in [0.2, 0.25) is 0 Å². The average Bonchev–Trinajstić information content (AvgIpc) is 2.50. The van der Waals surface area contributed by atoms with Gasteiger partial charge >= 0.3 is 12.1 Å². The van der Waals surface area contributed by atoms with Gasteiger partial charge in [0.05, 0.1) is 13.2 Å². The number of benzene rings is 1. The van der Waals surface area contributed by atoms with Crippen molar-refractivity contribution >= 4 is 17.8 Å². The second-order valence-electron chi connectivity index (χ2n) is 5.78. The minimum Gasteiger partial charge on any atom is -0.460 e. The maximum atomic E-state index is 11.7. The summed E-state index contributed by atoms with van der Waals surface area (Å²) in [6.07, 6.45) is -0.535. The van der Waals surface area contributed by atoms with E-state index in [0.29, 0.717) is 5.56 Å². The molecular weight excluding hydrogens is 310 g/mol. The first-order valence-electron chi connectivity index (χ1n) is 7.50. The van der Waals surface area contributed by atoms with Gasteiger partial charge in [0, 0.05) is 11.1 Å². The number of carbonyl (C=O) groups excluding carboxylic acids is 3. The van der Waals surface area contributed by atoms with Crippen LogP contribution in [0.5, 0.6) is 0 Å². The van der Waals surface area contributed by atoms with Gasteiger partial charge in [0.1, 0.15) is 5.60 Å². The summed E-state index contributed by atoms with van der Waals surface area (Å²) >= 11 is 0. The fourth-order valence-electron chi connectivity index (χ4n) is 1.60. The zero-order valence-electron chi connectivity index (χ0n) is 14.3. The van der Waals surface area contributed by atoms with Crippen LogP contribution < -0.4 is 5.32 Å². The zero-order chi connectivity index (χ0) is 18.2. The highest BCUT2D eigenvalue weighted by atomic mass is 16.6. The number of ether oxygens (including phenoxy) is 2. The summed E-state index contributed by atoms with van der Waals surface area (Å²) in [5.41, 5.74) is 0.339. The molecule has 1 N–H and O–H groups in total. The van der Waals surface area contributed by atoms with Crippen molar-refractivity contribution in [2.75, 3.05) is 13.2 Å². The molecule has 6 nitrogen and oxygen atoms in total. The summed E-state index contributed by atoms with van der Waals surface area (Å²) in [7, 11) is 0. The molecule has 0 aliphatic heterocycles.